The Labute approximate surface area is 170 Å². The van der Waals surface area contributed by atoms with Gasteiger partial charge in [-0.15, -0.1) is 0 Å². The molecule has 6 heteroatoms. The molecule has 150 valence electrons. The van der Waals surface area contributed by atoms with E-state index in [0.717, 1.165) is 11.1 Å². The third kappa shape index (κ3) is 4.43. The van der Waals surface area contributed by atoms with Crippen molar-refractivity contribution in [2.75, 3.05) is 11.5 Å². The number of amides is 1. The van der Waals surface area contributed by atoms with Crippen LogP contribution in [0.3, 0.4) is 0 Å². The SMILES string of the molecule is O=C(C(c1ccccc1)c1ccccc1)N(Cc1ccco1)[C@@H]1CCS(=O)(=O)C1. The van der Waals surface area contributed by atoms with E-state index in [1.54, 1.807) is 17.2 Å². The third-order valence-electron chi connectivity index (χ3n) is 5.35. The molecule has 0 aliphatic carbocycles. The van der Waals surface area contributed by atoms with E-state index in [0.29, 0.717) is 12.2 Å². The molecule has 1 fully saturated rings. The smallest absolute Gasteiger partial charge is 0.235 e. The second kappa shape index (κ2) is 8.25. The Bertz CT molecular complexity index is 1010. The Morgan fingerprint density at radius 2 is 1.59 bits per heavy atom. The minimum Gasteiger partial charge on any atom is -0.467 e. The fourth-order valence-electron chi connectivity index (χ4n) is 3.91. The van der Waals surface area contributed by atoms with E-state index < -0.39 is 15.8 Å². The van der Waals surface area contributed by atoms with Gasteiger partial charge in [-0.25, -0.2) is 8.42 Å². The van der Waals surface area contributed by atoms with Crippen LogP contribution in [0.4, 0.5) is 0 Å². The molecule has 1 aliphatic heterocycles. The van der Waals surface area contributed by atoms with Crippen LogP contribution in [0.15, 0.2) is 83.5 Å². The summed E-state index contributed by atoms with van der Waals surface area (Å²) >= 11 is 0. The van der Waals surface area contributed by atoms with Gasteiger partial charge in [0.15, 0.2) is 9.84 Å². The van der Waals surface area contributed by atoms with Crippen LogP contribution in [0.25, 0.3) is 0 Å². The Morgan fingerprint density at radius 3 is 2.07 bits per heavy atom. The largest absolute Gasteiger partial charge is 0.467 e. The van der Waals surface area contributed by atoms with E-state index >= 15 is 0 Å². The third-order valence-corrected chi connectivity index (χ3v) is 7.10. The molecule has 1 atom stereocenters. The summed E-state index contributed by atoms with van der Waals surface area (Å²) < 4.78 is 29.7. The predicted molar refractivity (Wildman–Crippen MR) is 111 cm³/mol. The van der Waals surface area contributed by atoms with Crippen LogP contribution in [0.1, 0.15) is 29.2 Å². The number of sulfone groups is 1. The molecule has 5 nitrogen and oxygen atoms in total. The molecule has 0 spiro atoms. The lowest BCUT2D eigenvalue weighted by atomic mass is 9.89. The fraction of sp³-hybridized carbons (Fsp3) is 0.261. The van der Waals surface area contributed by atoms with Gasteiger partial charge >= 0.3 is 0 Å². The Balaban J connectivity index is 1.73. The van der Waals surface area contributed by atoms with Crippen molar-refractivity contribution >= 4 is 15.7 Å². The molecule has 1 saturated heterocycles. The molecule has 2 aromatic carbocycles. The van der Waals surface area contributed by atoms with Gasteiger partial charge in [0, 0.05) is 6.04 Å². The molecule has 4 rings (SSSR count). The van der Waals surface area contributed by atoms with Crippen LogP contribution in [0, 0.1) is 0 Å². The maximum absolute atomic E-state index is 13.9. The summed E-state index contributed by atoms with van der Waals surface area (Å²) in [5, 5.41) is 0. The van der Waals surface area contributed by atoms with Gasteiger partial charge in [0.2, 0.25) is 5.91 Å². The van der Waals surface area contributed by atoms with E-state index in [4.69, 9.17) is 4.42 Å². The van der Waals surface area contributed by atoms with E-state index in [2.05, 4.69) is 0 Å². The van der Waals surface area contributed by atoms with Gasteiger partial charge in [0.25, 0.3) is 0 Å². The second-order valence-corrected chi connectivity index (χ2v) is 9.59. The highest BCUT2D eigenvalue weighted by Gasteiger charge is 2.38. The molecule has 0 bridgehead atoms. The van der Waals surface area contributed by atoms with Gasteiger partial charge in [-0.2, -0.15) is 0 Å². The number of hydrogen-bond acceptors (Lipinski definition) is 4. The Hall–Kier alpha value is -2.86. The van der Waals surface area contributed by atoms with E-state index in [1.165, 1.54) is 0 Å². The van der Waals surface area contributed by atoms with Crippen molar-refractivity contribution in [3.05, 3.63) is 95.9 Å². The lowest BCUT2D eigenvalue weighted by molar-refractivity contribution is -0.134. The first-order chi connectivity index (χ1) is 14.0. The zero-order valence-corrected chi connectivity index (χ0v) is 16.8. The van der Waals surface area contributed by atoms with Gasteiger partial charge in [-0.3, -0.25) is 4.79 Å². The molecular weight excluding hydrogens is 386 g/mol. The fourth-order valence-corrected chi connectivity index (χ4v) is 5.64. The number of hydrogen-bond donors (Lipinski definition) is 0. The number of carbonyl (C=O) groups excluding carboxylic acids is 1. The summed E-state index contributed by atoms with van der Waals surface area (Å²) in [4.78, 5) is 15.5. The second-order valence-electron chi connectivity index (χ2n) is 7.36. The van der Waals surface area contributed by atoms with Gasteiger partial charge in [-0.05, 0) is 29.7 Å². The first-order valence-corrected chi connectivity index (χ1v) is 11.5. The Kier molecular flexibility index (Phi) is 5.53. The number of rotatable bonds is 6. The summed E-state index contributed by atoms with van der Waals surface area (Å²) in [6, 6.07) is 22.5. The normalized spacial score (nSPS) is 18.0. The van der Waals surface area contributed by atoms with Crippen molar-refractivity contribution in [1.29, 1.82) is 0 Å². The quantitative estimate of drug-likeness (QED) is 0.624. The molecule has 2 heterocycles. The summed E-state index contributed by atoms with van der Waals surface area (Å²) in [5.41, 5.74) is 1.77. The monoisotopic (exact) mass is 409 g/mol. The molecule has 1 amide bonds. The molecular formula is C23H23NO4S. The summed E-state index contributed by atoms with van der Waals surface area (Å²) in [5.74, 6) is 0.135. The van der Waals surface area contributed by atoms with Crippen LogP contribution < -0.4 is 0 Å². The molecule has 1 aromatic heterocycles. The first-order valence-electron chi connectivity index (χ1n) is 9.67. The lowest BCUT2D eigenvalue weighted by Crippen LogP contribution is -2.43. The van der Waals surface area contributed by atoms with E-state index in [-0.39, 0.29) is 30.0 Å². The highest BCUT2D eigenvalue weighted by atomic mass is 32.2. The first kappa shape index (κ1) is 19.5. The number of benzene rings is 2. The lowest BCUT2D eigenvalue weighted by Gasteiger charge is -2.31. The molecule has 3 aromatic rings. The van der Waals surface area contributed by atoms with Crippen molar-refractivity contribution in [2.45, 2.75) is 24.9 Å². The molecule has 0 saturated carbocycles. The Morgan fingerprint density at radius 1 is 0.966 bits per heavy atom. The molecule has 0 unspecified atom stereocenters. The topological polar surface area (TPSA) is 67.6 Å². The van der Waals surface area contributed by atoms with Crippen molar-refractivity contribution in [3.8, 4) is 0 Å². The number of furan rings is 1. The standard InChI is InChI=1S/C23H23NO4S/c25-23(22(18-8-3-1-4-9-18)19-10-5-2-6-11-19)24(16-21-12-7-14-28-21)20-13-15-29(26,27)17-20/h1-12,14,20,22H,13,15-17H2/t20-/m1/s1. The zero-order chi connectivity index (χ0) is 20.3. The van der Waals surface area contributed by atoms with E-state index in [9.17, 15) is 13.2 Å². The van der Waals surface area contributed by atoms with Gasteiger partial charge in [0.05, 0.1) is 30.2 Å². The van der Waals surface area contributed by atoms with Crippen LogP contribution in [0.5, 0.6) is 0 Å². The van der Waals surface area contributed by atoms with Crippen molar-refractivity contribution < 1.29 is 17.6 Å². The van der Waals surface area contributed by atoms with Crippen LogP contribution in [0.2, 0.25) is 0 Å². The zero-order valence-electron chi connectivity index (χ0n) is 16.0. The van der Waals surface area contributed by atoms with Crippen molar-refractivity contribution in [2.24, 2.45) is 0 Å². The molecule has 0 N–H and O–H groups in total. The maximum atomic E-state index is 13.9. The van der Waals surface area contributed by atoms with Crippen molar-refractivity contribution in [1.82, 2.24) is 4.90 Å². The summed E-state index contributed by atoms with van der Waals surface area (Å²) in [7, 11) is -3.13. The van der Waals surface area contributed by atoms with Gasteiger partial charge in [-0.1, -0.05) is 60.7 Å². The van der Waals surface area contributed by atoms with Gasteiger partial charge < -0.3 is 9.32 Å². The summed E-state index contributed by atoms with van der Waals surface area (Å²) in [6.07, 6.45) is 2.01. The average molecular weight is 410 g/mol. The van der Waals surface area contributed by atoms with E-state index in [1.807, 2.05) is 66.7 Å². The maximum Gasteiger partial charge on any atom is 0.235 e. The highest BCUT2D eigenvalue weighted by molar-refractivity contribution is 7.91. The highest BCUT2D eigenvalue weighted by Crippen LogP contribution is 2.30. The van der Waals surface area contributed by atoms with Crippen LogP contribution >= 0.6 is 0 Å². The molecule has 0 radical (unpaired) electrons. The minimum absolute atomic E-state index is 0.00422. The minimum atomic E-state index is -3.13. The predicted octanol–water partition coefficient (Wildman–Crippen LogP) is 3.63. The van der Waals surface area contributed by atoms with Crippen molar-refractivity contribution in [3.63, 3.8) is 0 Å². The van der Waals surface area contributed by atoms with Crippen LogP contribution in [-0.2, 0) is 21.2 Å². The molecule has 29 heavy (non-hydrogen) atoms. The van der Waals surface area contributed by atoms with Crippen LogP contribution in [-0.4, -0.2) is 36.8 Å². The molecule has 1 aliphatic rings. The average Bonchev–Trinajstić information content (AvgIpc) is 3.37. The van der Waals surface area contributed by atoms with Gasteiger partial charge in [0.1, 0.15) is 5.76 Å². The summed E-state index contributed by atoms with van der Waals surface area (Å²) in [6.45, 7) is 0.252. The number of carbonyl (C=O) groups is 1. The number of nitrogens with zero attached hydrogens (tertiary/aromatic N) is 1.